The van der Waals surface area contributed by atoms with Crippen LogP contribution >= 0.6 is 15.9 Å². The van der Waals surface area contributed by atoms with Crippen molar-refractivity contribution in [3.63, 3.8) is 0 Å². The Balaban J connectivity index is 2.52. The van der Waals surface area contributed by atoms with Gasteiger partial charge in [-0.15, -0.1) is 0 Å². The molecule has 2 rings (SSSR count). The van der Waals surface area contributed by atoms with Gasteiger partial charge < -0.3 is 5.11 Å². The average Bonchev–Trinajstić information content (AvgIpc) is 2.45. The molecule has 1 nitrogen and oxygen atoms in total. The van der Waals surface area contributed by atoms with E-state index >= 15 is 0 Å². The van der Waals surface area contributed by atoms with Gasteiger partial charge in [0, 0.05) is 10.0 Å². The highest BCUT2D eigenvalue weighted by Gasteiger charge is 2.71. The van der Waals surface area contributed by atoms with Crippen molar-refractivity contribution in [2.45, 2.75) is 18.0 Å². The Bertz CT molecular complexity index is 676. The van der Waals surface area contributed by atoms with E-state index in [-0.39, 0.29) is 0 Å². The summed E-state index contributed by atoms with van der Waals surface area (Å²) in [6.07, 6.45) is -11.8. The van der Waals surface area contributed by atoms with Gasteiger partial charge in [-0.05, 0) is 17.2 Å². The molecule has 0 bridgehead atoms. The van der Waals surface area contributed by atoms with Crippen LogP contribution in [0.5, 0.6) is 0 Å². The van der Waals surface area contributed by atoms with Gasteiger partial charge in [-0.3, -0.25) is 0 Å². The molecule has 0 aliphatic heterocycles. The molecule has 0 fully saturated rings. The number of rotatable bonds is 2. The Hall–Kier alpha value is -1.54. The minimum atomic E-state index is -5.89. The Morgan fingerprint density at radius 2 is 1.22 bits per heavy atom. The maximum atomic E-state index is 12.8. The van der Waals surface area contributed by atoms with Crippen molar-refractivity contribution in [1.82, 2.24) is 0 Å². The highest BCUT2D eigenvalue weighted by Crippen LogP contribution is 2.50. The molecule has 0 heterocycles. The third-order valence-corrected chi connectivity index (χ3v) is 4.00. The minimum absolute atomic E-state index is 0.410. The van der Waals surface area contributed by atoms with Crippen molar-refractivity contribution < 1.29 is 31.4 Å². The lowest BCUT2D eigenvalue weighted by molar-refractivity contribution is -0.376. The first kappa shape index (κ1) is 17.8. The SMILES string of the molecule is OC(c1ccc(-c2ccccc2Br)cc1)(C(F)(F)F)C(F)(F)F. The molecule has 0 amide bonds. The molecule has 1 N–H and O–H groups in total. The molecule has 2 aromatic carbocycles. The van der Waals surface area contributed by atoms with Crippen LogP contribution in [0.15, 0.2) is 53.0 Å². The fraction of sp³-hybridized carbons (Fsp3) is 0.200. The quantitative estimate of drug-likeness (QED) is 0.668. The highest BCUT2D eigenvalue weighted by atomic mass is 79.9. The first-order chi connectivity index (χ1) is 10.5. The zero-order valence-electron chi connectivity index (χ0n) is 11.2. The summed E-state index contributed by atoms with van der Waals surface area (Å²) in [7, 11) is 0. The molecule has 0 aliphatic rings. The summed E-state index contributed by atoms with van der Waals surface area (Å²) in [6.45, 7) is 0. The third-order valence-electron chi connectivity index (χ3n) is 3.31. The smallest absolute Gasteiger partial charge is 0.369 e. The second-order valence-electron chi connectivity index (χ2n) is 4.76. The van der Waals surface area contributed by atoms with Crippen molar-refractivity contribution in [3.8, 4) is 11.1 Å². The van der Waals surface area contributed by atoms with E-state index in [1.54, 1.807) is 24.3 Å². The van der Waals surface area contributed by atoms with Crippen LogP contribution in [0.3, 0.4) is 0 Å². The summed E-state index contributed by atoms with van der Waals surface area (Å²) < 4.78 is 77.4. The zero-order valence-corrected chi connectivity index (χ0v) is 12.8. The molecule has 0 spiro atoms. The lowest BCUT2D eigenvalue weighted by Gasteiger charge is -2.32. The van der Waals surface area contributed by atoms with Gasteiger partial charge in [0.25, 0.3) is 5.60 Å². The topological polar surface area (TPSA) is 20.2 Å². The number of benzene rings is 2. The van der Waals surface area contributed by atoms with Gasteiger partial charge >= 0.3 is 12.4 Å². The second kappa shape index (κ2) is 5.83. The first-order valence-electron chi connectivity index (χ1n) is 6.20. The Kier molecular flexibility index (Phi) is 4.51. The number of hydrogen-bond acceptors (Lipinski definition) is 1. The summed E-state index contributed by atoms with van der Waals surface area (Å²) in [5, 5.41) is 9.31. The largest absolute Gasteiger partial charge is 0.430 e. The maximum absolute atomic E-state index is 12.8. The summed E-state index contributed by atoms with van der Waals surface area (Å²) in [5.74, 6) is 0. The molecule has 23 heavy (non-hydrogen) atoms. The fourth-order valence-electron chi connectivity index (χ4n) is 2.07. The molecule has 0 aliphatic carbocycles. The normalized spacial score (nSPS) is 13.2. The maximum Gasteiger partial charge on any atom is 0.430 e. The highest BCUT2D eigenvalue weighted by molar-refractivity contribution is 9.10. The monoisotopic (exact) mass is 398 g/mol. The summed E-state index contributed by atoms with van der Waals surface area (Å²) in [5.41, 5.74) is -5.19. The molecule has 0 saturated heterocycles. The average molecular weight is 399 g/mol. The van der Waals surface area contributed by atoms with Gasteiger partial charge in [0.15, 0.2) is 0 Å². The molecule has 0 aromatic heterocycles. The van der Waals surface area contributed by atoms with E-state index < -0.39 is 23.5 Å². The van der Waals surface area contributed by atoms with E-state index in [0.717, 1.165) is 12.1 Å². The fourth-order valence-corrected chi connectivity index (χ4v) is 2.59. The Morgan fingerprint density at radius 1 is 0.739 bits per heavy atom. The van der Waals surface area contributed by atoms with Crippen LogP contribution in [0.25, 0.3) is 11.1 Å². The van der Waals surface area contributed by atoms with Gasteiger partial charge in [-0.25, -0.2) is 0 Å². The summed E-state index contributed by atoms with van der Waals surface area (Å²) in [4.78, 5) is 0. The van der Waals surface area contributed by atoms with Gasteiger partial charge in [0.05, 0.1) is 0 Å². The predicted molar refractivity (Wildman–Crippen MR) is 75.6 cm³/mol. The molecular formula is C15H9BrF6O. The van der Waals surface area contributed by atoms with Crippen molar-refractivity contribution in [2.75, 3.05) is 0 Å². The Labute approximate surface area is 135 Å². The van der Waals surface area contributed by atoms with Crippen LogP contribution in [0.2, 0.25) is 0 Å². The van der Waals surface area contributed by atoms with E-state index in [1.807, 2.05) is 0 Å². The van der Waals surface area contributed by atoms with E-state index in [9.17, 15) is 31.4 Å². The number of halogens is 7. The number of hydrogen-bond donors (Lipinski definition) is 1. The standard InChI is InChI=1S/C15H9BrF6O/c16-12-4-2-1-3-11(12)9-5-7-10(8-6-9)13(23,14(17,18)19)15(20,21)22/h1-8,23H. The van der Waals surface area contributed by atoms with Crippen LogP contribution in [-0.4, -0.2) is 17.5 Å². The zero-order chi connectivity index (χ0) is 17.5. The van der Waals surface area contributed by atoms with Crippen molar-refractivity contribution in [1.29, 1.82) is 0 Å². The second-order valence-corrected chi connectivity index (χ2v) is 5.62. The lowest BCUT2D eigenvalue weighted by Crippen LogP contribution is -2.53. The molecule has 0 atom stereocenters. The van der Waals surface area contributed by atoms with Gasteiger partial charge in [-0.1, -0.05) is 58.4 Å². The third kappa shape index (κ3) is 3.10. The molecule has 124 valence electrons. The van der Waals surface area contributed by atoms with Crippen molar-refractivity contribution in [2.24, 2.45) is 0 Å². The van der Waals surface area contributed by atoms with E-state index in [0.29, 0.717) is 27.7 Å². The Morgan fingerprint density at radius 3 is 1.65 bits per heavy atom. The van der Waals surface area contributed by atoms with Crippen LogP contribution in [0, 0.1) is 0 Å². The summed E-state index contributed by atoms with van der Waals surface area (Å²) >= 11 is 3.25. The van der Waals surface area contributed by atoms with Gasteiger partial charge in [0.2, 0.25) is 0 Å². The predicted octanol–water partition coefficient (Wildman–Crippen LogP) is 5.43. The van der Waals surface area contributed by atoms with Gasteiger partial charge in [0.1, 0.15) is 0 Å². The molecule has 8 heteroatoms. The molecule has 0 radical (unpaired) electrons. The molecule has 0 unspecified atom stereocenters. The van der Waals surface area contributed by atoms with Crippen LogP contribution in [-0.2, 0) is 5.60 Å². The molecular weight excluding hydrogens is 390 g/mol. The van der Waals surface area contributed by atoms with E-state index in [1.165, 1.54) is 0 Å². The number of aliphatic hydroxyl groups is 1. The molecule has 0 saturated carbocycles. The molecule has 2 aromatic rings. The minimum Gasteiger partial charge on any atom is -0.369 e. The summed E-state index contributed by atoms with van der Waals surface area (Å²) in [6, 6.07) is 10.2. The van der Waals surface area contributed by atoms with Crippen molar-refractivity contribution >= 4 is 15.9 Å². The van der Waals surface area contributed by atoms with Crippen LogP contribution < -0.4 is 0 Å². The van der Waals surface area contributed by atoms with Crippen LogP contribution in [0.1, 0.15) is 5.56 Å². The van der Waals surface area contributed by atoms with Gasteiger partial charge in [-0.2, -0.15) is 26.3 Å². The van der Waals surface area contributed by atoms with E-state index in [4.69, 9.17) is 0 Å². The first-order valence-corrected chi connectivity index (χ1v) is 6.99. The van der Waals surface area contributed by atoms with Crippen molar-refractivity contribution in [3.05, 3.63) is 58.6 Å². The lowest BCUT2D eigenvalue weighted by atomic mass is 9.91. The number of alkyl halides is 6. The van der Waals surface area contributed by atoms with E-state index in [2.05, 4.69) is 15.9 Å². The van der Waals surface area contributed by atoms with Crippen LogP contribution in [0.4, 0.5) is 26.3 Å².